The molecule has 4 nitrogen and oxygen atoms in total. The predicted octanol–water partition coefficient (Wildman–Crippen LogP) is 1.98. The van der Waals surface area contributed by atoms with Crippen molar-refractivity contribution in [3.05, 3.63) is 42.5 Å². The van der Waals surface area contributed by atoms with Crippen LogP contribution in [-0.2, 0) is 10.0 Å². The molecule has 2 aromatic carbocycles. The first-order chi connectivity index (χ1) is 9.51. The van der Waals surface area contributed by atoms with Gasteiger partial charge in [0.15, 0.2) is 0 Å². The lowest BCUT2D eigenvalue weighted by Crippen LogP contribution is -2.50. The van der Waals surface area contributed by atoms with Gasteiger partial charge in [0.05, 0.1) is 17.0 Å². The number of sulfonamides is 1. The lowest BCUT2D eigenvalue weighted by molar-refractivity contribution is 0.0211. The number of fused-ring (bicyclic) bond motifs is 1. The van der Waals surface area contributed by atoms with Crippen molar-refractivity contribution in [1.29, 1.82) is 0 Å². The Labute approximate surface area is 118 Å². The van der Waals surface area contributed by atoms with Gasteiger partial charge in [-0.25, -0.2) is 8.42 Å². The number of hydrogen-bond acceptors (Lipinski definition) is 3. The number of aliphatic hydroxyl groups excluding tert-OH is 1. The van der Waals surface area contributed by atoms with Crippen LogP contribution in [0.3, 0.4) is 0 Å². The summed E-state index contributed by atoms with van der Waals surface area (Å²) in [7, 11) is -2.04. The number of hydrogen-bond donors (Lipinski definition) is 1. The second-order valence-corrected chi connectivity index (χ2v) is 7.18. The molecule has 0 heterocycles. The Balaban J connectivity index is 2.09. The normalized spacial score (nSPS) is 22.9. The molecule has 1 saturated carbocycles. The largest absolute Gasteiger partial charge is 0.391 e. The maximum absolute atomic E-state index is 12.7. The maximum Gasteiger partial charge on any atom is 0.243 e. The Kier molecular flexibility index (Phi) is 3.28. The van der Waals surface area contributed by atoms with Crippen LogP contribution in [0.5, 0.6) is 0 Å². The van der Waals surface area contributed by atoms with Gasteiger partial charge < -0.3 is 5.11 Å². The molecular formula is C15H17NO3S. The molecule has 3 rings (SSSR count). The molecule has 0 saturated heterocycles. The van der Waals surface area contributed by atoms with Crippen LogP contribution in [0, 0.1) is 0 Å². The van der Waals surface area contributed by atoms with Crippen LogP contribution in [0.1, 0.15) is 12.8 Å². The van der Waals surface area contributed by atoms with Crippen molar-refractivity contribution in [2.45, 2.75) is 29.9 Å². The topological polar surface area (TPSA) is 57.6 Å². The number of likely N-dealkylation sites (N-methyl/N-ethyl adjacent to an activating group) is 1. The molecule has 1 N–H and O–H groups in total. The molecule has 1 aliphatic rings. The second kappa shape index (κ2) is 4.84. The molecule has 2 aromatic rings. The van der Waals surface area contributed by atoms with Gasteiger partial charge in [-0.15, -0.1) is 0 Å². The molecule has 0 amide bonds. The van der Waals surface area contributed by atoms with Gasteiger partial charge in [-0.3, -0.25) is 0 Å². The van der Waals surface area contributed by atoms with Crippen LogP contribution < -0.4 is 0 Å². The third-order valence-corrected chi connectivity index (χ3v) is 6.02. The van der Waals surface area contributed by atoms with E-state index in [0.29, 0.717) is 17.7 Å². The Bertz CT molecular complexity index is 736. The average Bonchev–Trinajstić information content (AvgIpc) is 2.44. The first kappa shape index (κ1) is 13.5. The molecule has 0 radical (unpaired) electrons. The number of rotatable bonds is 3. The summed E-state index contributed by atoms with van der Waals surface area (Å²) in [6.07, 6.45) is 0.826. The minimum Gasteiger partial charge on any atom is -0.391 e. The maximum atomic E-state index is 12.7. The summed E-state index contributed by atoms with van der Waals surface area (Å²) < 4.78 is 26.8. The molecule has 1 fully saturated rings. The van der Waals surface area contributed by atoms with Crippen LogP contribution >= 0.6 is 0 Å². The van der Waals surface area contributed by atoms with Crippen molar-refractivity contribution in [3.8, 4) is 0 Å². The monoisotopic (exact) mass is 291 g/mol. The number of benzene rings is 2. The second-order valence-electron chi connectivity index (χ2n) is 5.21. The van der Waals surface area contributed by atoms with Crippen molar-refractivity contribution in [2.24, 2.45) is 0 Å². The summed E-state index contributed by atoms with van der Waals surface area (Å²) in [6, 6.07) is 12.4. The van der Waals surface area contributed by atoms with Crippen molar-refractivity contribution < 1.29 is 13.5 Å². The first-order valence-electron chi connectivity index (χ1n) is 6.65. The Morgan fingerprint density at radius 3 is 2.45 bits per heavy atom. The summed E-state index contributed by atoms with van der Waals surface area (Å²) in [4.78, 5) is 0.303. The lowest BCUT2D eigenvalue weighted by atomic mass is 9.89. The first-order valence-corrected chi connectivity index (χ1v) is 8.09. The molecule has 106 valence electrons. The van der Waals surface area contributed by atoms with Crippen LogP contribution in [0.4, 0.5) is 0 Å². The smallest absolute Gasteiger partial charge is 0.243 e. The fourth-order valence-corrected chi connectivity index (χ4v) is 4.27. The van der Waals surface area contributed by atoms with Crippen LogP contribution in [-0.4, -0.2) is 37.0 Å². The Hall–Kier alpha value is -1.43. The van der Waals surface area contributed by atoms with E-state index in [2.05, 4.69) is 0 Å². The summed E-state index contributed by atoms with van der Waals surface area (Å²) in [5, 5.41) is 11.3. The van der Waals surface area contributed by atoms with Gasteiger partial charge >= 0.3 is 0 Å². The molecule has 0 aliphatic heterocycles. The van der Waals surface area contributed by atoms with Gasteiger partial charge in [-0.05, 0) is 24.3 Å². The number of nitrogens with zero attached hydrogens (tertiary/aromatic N) is 1. The number of aliphatic hydroxyl groups is 1. The SMILES string of the molecule is CN(C1CCC1O)S(=O)(=O)c1cccc2ccccc12. The fourth-order valence-electron chi connectivity index (χ4n) is 2.64. The third-order valence-electron chi connectivity index (χ3n) is 4.08. The van der Waals surface area contributed by atoms with Crippen LogP contribution in [0.2, 0.25) is 0 Å². The van der Waals surface area contributed by atoms with E-state index in [-0.39, 0.29) is 6.04 Å². The van der Waals surface area contributed by atoms with Crippen LogP contribution in [0.25, 0.3) is 10.8 Å². The summed E-state index contributed by atoms with van der Waals surface area (Å²) in [6.45, 7) is 0. The molecular weight excluding hydrogens is 274 g/mol. The molecule has 20 heavy (non-hydrogen) atoms. The lowest BCUT2D eigenvalue weighted by Gasteiger charge is -2.38. The zero-order valence-corrected chi connectivity index (χ0v) is 12.0. The average molecular weight is 291 g/mol. The van der Waals surface area contributed by atoms with E-state index >= 15 is 0 Å². The quantitative estimate of drug-likeness (QED) is 0.941. The van der Waals surface area contributed by atoms with Gasteiger partial charge in [-0.1, -0.05) is 36.4 Å². The fraction of sp³-hybridized carbons (Fsp3) is 0.333. The van der Waals surface area contributed by atoms with Crippen LogP contribution in [0.15, 0.2) is 47.4 Å². The standard InChI is InChI=1S/C15H17NO3S/c1-16(13-9-10-14(13)17)20(18,19)15-8-4-6-11-5-2-3-7-12(11)15/h2-8,13-14,17H,9-10H2,1H3. The van der Waals surface area contributed by atoms with E-state index in [1.54, 1.807) is 19.2 Å². The Morgan fingerprint density at radius 1 is 1.10 bits per heavy atom. The van der Waals surface area contributed by atoms with E-state index in [1.165, 1.54) is 4.31 Å². The molecule has 2 atom stereocenters. The summed E-state index contributed by atoms with van der Waals surface area (Å²) in [5.41, 5.74) is 0. The predicted molar refractivity (Wildman–Crippen MR) is 77.9 cm³/mol. The van der Waals surface area contributed by atoms with E-state index < -0.39 is 16.1 Å². The molecule has 5 heteroatoms. The molecule has 0 bridgehead atoms. The van der Waals surface area contributed by atoms with E-state index in [9.17, 15) is 13.5 Å². The highest BCUT2D eigenvalue weighted by Gasteiger charge is 2.38. The third kappa shape index (κ3) is 2.02. The van der Waals surface area contributed by atoms with Crippen molar-refractivity contribution in [2.75, 3.05) is 7.05 Å². The van der Waals surface area contributed by atoms with Crippen molar-refractivity contribution >= 4 is 20.8 Å². The molecule has 1 aliphatic carbocycles. The molecule has 0 aromatic heterocycles. The summed E-state index contributed by atoms with van der Waals surface area (Å²) >= 11 is 0. The highest BCUT2D eigenvalue weighted by Crippen LogP contribution is 2.31. The minimum absolute atomic E-state index is 0.303. The van der Waals surface area contributed by atoms with Crippen molar-refractivity contribution in [1.82, 2.24) is 4.31 Å². The highest BCUT2D eigenvalue weighted by atomic mass is 32.2. The van der Waals surface area contributed by atoms with Gasteiger partial charge in [0.25, 0.3) is 0 Å². The van der Waals surface area contributed by atoms with E-state index in [1.807, 2.05) is 30.3 Å². The molecule has 2 unspecified atom stereocenters. The van der Waals surface area contributed by atoms with Gasteiger partial charge in [0.1, 0.15) is 0 Å². The molecule has 0 spiro atoms. The summed E-state index contributed by atoms with van der Waals surface area (Å²) in [5.74, 6) is 0. The minimum atomic E-state index is -3.59. The Morgan fingerprint density at radius 2 is 1.80 bits per heavy atom. The highest BCUT2D eigenvalue weighted by molar-refractivity contribution is 7.89. The van der Waals surface area contributed by atoms with Gasteiger partial charge in [-0.2, -0.15) is 4.31 Å². The zero-order chi connectivity index (χ0) is 14.3. The zero-order valence-electron chi connectivity index (χ0n) is 11.2. The van der Waals surface area contributed by atoms with E-state index in [0.717, 1.165) is 10.8 Å². The van der Waals surface area contributed by atoms with E-state index in [4.69, 9.17) is 0 Å². The van der Waals surface area contributed by atoms with Crippen molar-refractivity contribution in [3.63, 3.8) is 0 Å². The van der Waals surface area contributed by atoms with Gasteiger partial charge in [0.2, 0.25) is 10.0 Å². The van der Waals surface area contributed by atoms with Gasteiger partial charge in [0, 0.05) is 12.4 Å².